The predicted octanol–water partition coefficient (Wildman–Crippen LogP) is 1.37. The SMILES string of the molecule is CCn1ncnc1CN1CCC(CC)(C(=O)O)CC1. The monoisotopic (exact) mass is 266 g/mol. The maximum atomic E-state index is 11.4. The minimum atomic E-state index is -0.647. The molecule has 0 radical (unpaired) electrons. The lowest BCUT2D eigenvalue weighted by atomic mass is 9.76. The van der Waals surface area contributed by atoms with Gasteiger partial charge >= 0.3 is 5.97 Å². The van der Waals surface area contributed by atoms with Gasteiger partial charge in [0.2, 0.25) is 0 Å². The van der Waals surface area contributed by atoms with Crippen LogP contribution >= 0.6 is 0 Å². The van der Waals surface area contributed by atoms with E-state index in [1.165, 1.54) is 0 Å². The van der Waals surface area contributed by atoms with E-state index in [1.54, 1.807) is 6.33 Å². The number of aryl methyl sites for hydroxylation is 1. The molecule has 106 valence electrons. The van der Waals surface area contributed by atoms with Gasteiger partial charge in [0, 0.05) is 6.54 Å². The highest BCUT2D eigenvalue weighted by molar-refractivity contribution is 5.74. The van der Waals surface area contributed by atoms with Crippen molar-refractivity contribution in [3.8, 4) is 0 Å². The maximum Gasteiger partial charge on any atom is 0.309 e. The van der Waals surface area contributed by atoms with Crippen LogP contribution in [0, 0.1) is 5.41 Å². The molecule has 0 atom stereocenters. The van der Waals surface area contributed by atoms with Crippen molar-refractivity contribution in [2.24, 2.45) is 5.41 Å². The smallest absolute Gasteiger partial charge is 0.309 e. The molecule has 1 aromatic rings. The zero-order chi connectivity index (χ0) is 13.9. The molecule has 0 amide bonds. The largest absolute Gasteiger partial charge is 0.481 e. The van der Waals surface area contributed by atoms with E-state index in [-0.39, 0.29) is 0 Å². The summed E-state index contributed by atoms with van der Waals surface area (Å²) in [4.78, 5) is 17.9. The number of rotatable bonds is 5. The van der Waals surface area contributed by atoms with Crippen LogP contribution in [0.5, 0.6) is 0 Å². The predicted molar refractivity (Wildman–Crippen MR) is 70.6 cm³/mol. The van der Waals surface area contributed by atoms with Crippen molar-refractivity contribution in [1.29, 1.82) is 0 Å². The second kappa shape index (κ2) is 5.69. The van der Waals surface area contributed by atoms with E-state index >= 15 is 0 Å². The molecule has 2 heterocycles. The third-order valence-corrected chi connectivity index (χ3v) is 4.30. The number of carboxylic acid groups (broad SMARTS) is 1. The summed E-state index contributed by atoms with van der Waals surface area (Å²) in [7, 11) is 0. The fraction of sp³-hybridized carbons (Fsp3) is 0.769. The van der Waals surface area contributed by atoms with Crippen molar-refractivity contribution in [3.63, 3.8) is 0 Å². The molecule has 1 saturated heterocycles. The minimum absolute atomic E-state index is 0.519. The van der Waals surface area contributed by atoms with Gasteiger partial charge in [-0.3, -0.25) is 9.69 Å². The Morgan fingerprint density at radius 3 is 2.63 bits per heavy atom. The van der Waals surface area contributed by atoms with Crippen molar-refractivity contribution in [1.82, 2.24) is 19.7 Å². The van der Waals surface area contributed by atoms with E-state index in [9.17, 15) is 9.90 Å². The zero-order valence-corrected chi connectivity index (χ0v) is 11.7. The third kappa shape index (κ3) is 2.78. The van der Waals surface area contributed by atoms with Crippen LogP contribution in [0.2, 0.25) is 0 Å². The van der Waals surface area contributed by atoms with Gasteiger partial charge in [-0.05, 0) is 39.3 Å². The summed E-state index contributed by atoms with van der Waals surface area (Å²) < 4.78 is 1.89. The number of carbonyl (C=O) groups is 1. The molecule has 1 aliphatic rings. The summed E-state index contributed by atoms with van der Waals surface area (Å²) in [5, 5.41) is 13.5. The number of aromatic nitrogens is 3. The first-order valence-electron chi connectivity index (χ1n) is 6.93. The van der Waals surface area contributed by atoms with Gasteiger partial charge in [-0.15, -0.1) is 0 Å². The quantitative estimate of drug-likeness (QED) is 0.871. The van der Waals surface area contributed by atoms with E-state index < -0.39 is 11.4 Å². The molecule has 1 aromatic heterocycles. The summed E-state index contributed by atoms with van der Waals surface area (Å²) >= 11 is 0. The first-order chi connectivity index (χ1) is 9.11. The minimum Gasteiger partial charge on any atom is -0.481 e. The summed E-state index contributed by atoms with van der Waals surface area (Å²) in [5.41, 5.74) is -0.519. The number of hydrogen-bond donors (Lipinski definition) is 1. The number of likely N-dealkylation sites (tertiary alicyclic amines) is 1. The van der Waals surface area contributed by atoms with Crippen molar-refractivity contribution in [2.75, 3.05) is 13.1 Å². The Labute approximate surface area is 113 Å². The van der Waals surface area contributed by atoms with Crippen LogP contribution in [0.4, 0.5) is 0 Å². The highest BCUT2D eigenvalue weighted by Crippen LogP contribution is 2.35. The van der Waals surface area contributed by atoms with Crippen molar-refractivity contribution in [3.05, 3.63) is 12.2 Å². The Morgan fingerprint density at radius 2 is 2.11 bits per heavy atom. The van der Waals surface area contributed by atoms with Gasteiger partial charge in [0.25, 0.3) is 0 Å². The second-order valence-electron chi connectivity index (χ2n) is 5.21. The van der Waals surface area contributed by atoms with Gasteiger partial charge < -0.3 is 5.11 Å². The average Bonchev–Trinajstić information content (AvgIpc) is 2.87. The average molecular weight is 266 g/mol. The fourth-order valence-electron chi connectivity index (χ4n) is 2.73. The van der Waals surface area contributed by atoms with E-state index in [0.717, 1.165) is 44.8 Å². The van der Waals surface area contributed by atoms with Crippen LogP contribution in [-0.2, 0) is 17.9 Å². The first-order valence-corrected chi connectivity index (χ1v) is 6.93. The van der Waals surface area contributed by atoms with Crippen molar-refractivity contribution < 1.29 is 9.90 Å². The molecule has 0 unspecified atom stereocenters. The van der Waals surface area contributed by atoms with Crippen molar-refractivity contribution in [2.45, 2.75) is 46.2 Å². The molecule has 0 bridgehead atoms. The maximum absolute atomic E-state index is 11.4. The highest BCUT2D eigenvalue weighted by Gasteiger charge is 2.39. The molecule has 0 aromatic carbocycles. The van der Waals surface area contributed by atoms with Gasteiger partial charge in [-0.1, -0.05) is 6.92 Å². The van der Waals surface area contributed by atoms with Gasteiger partial charge in [0.15, 0.2) is 0 Å². The Bertz CT molecular complexity index is 436. The Kier molecular flexibility index (Phi) is 4.19. The van der Waals surface area contributed by atoms with Gasteiger partial charge in [-0.25, -0.2) is 9.67 Å². The standard InChI is InChI=1S/C13H22N4O2/c1-3-13(12(18)19)5-7-16(8-6-13)9-11-14-10-15-17(11)4-2/h10H,3-9H2,1-2H3,(H,18,19). The van der Waals surface area contributed by atoms with E-state index in [1.807, 2.05) is 18.5 Å². The lowest BCUT2D eigenvalue weighted by Gasteiger charge is -2.38. The lowest BCUT2D eigenvalue weighted by molar-refractivity contribution is -0.152. The molecule has 1 fully saturated rings. The number of aliphatic carboxylic acids is 1. The molecule has 6 nitrogen and oxygen atoms in total. The van der Waals surface area contributed by atoms with Gasteiger partial charge in [-0.2, -0.15) is 5.10 Å². The number of nitrogens with zero attached hydrogens (tertiary/aromatic N) is 4. The first kappa shape index (κ1) is 14.0. The fourth-order valence-corrected chi connectivity index (χ4v) is 2.73. The highest BCUT2D eigenvalue weighted by atomic mass is 16.4. The third-order valence-electron chi connectivity index (χ3n) is 4.30. The topological polar surface area (TPSA) is 71.2 Å². The Hall–Kier alpha value is -1.43. The van der Waals surface area contributed by atoms with Crippen LogP contribution in [0.1, 0.15) is 38.9 Å². The molecule has 0 aliphatic carbocycles. The lowest BCUT2D eigenvalue weighted by Crippen LogP contribution is -2.44. The van der Waals surface area contributed by atoms with Crippen LogP contribution in [-0.4, -0.2) is 43.8 Å². The molecular formula is C13H22N4O2. The molecule has 2 rings (SSSR count). The van der Waals surface area contributed by atoms with Gasteiger partial charge in [0.05, 0.1) is 12.0 Å². The Balaban J connectivity index is 1.95. The van der Waals surface area contributed by atoms with Crippen LogP contribution in [0.3, 0.4) is 0 Å². The summed E-state index contributed by atoms with van der Waals surface area (Å²) in [6.45, 7) is 7.22. The van der Waals surface area contributed by atoms with E-state index in [2.05, 4.69) is 15.0 Å². The number of piperidine rings is 1. The van der Waals surface area contributed by atoms with E-state index in [4.69, 9.17) is 0 Å². The second-order valence-corrected chi connectivity index (χ2v) is 5.21. The molecule has 19 heavy (non-hydrogen) atoms. The summed E-state index contributed by atoms with van der Waals surface area (Å²) in [6, 6.07) is 0. The molecule has 6 heteroatoms. The van der Waals surface area contributed by atoms with Crippen LogP contribution in [0.25, 0.3) is 0 Å². The molecule has 1 aliphatic heterocycles. The van der Waals surface area contributed by atoms with Crippen LogP contribution in [0.15, 0.2) is 6.33 Å². The van der Waals surface area contributed by atoms with Gasteiger partial charge in [0.1, 0.15) is 12.2 Å². The van der Waals surface area contributed by atoms with Crippen LogP contribution < -0.4 is 0 Å². The molecular weight excluding hydrogens is 244 g/mol. The molecule has 0 saturated carbocycles. The van der Waals surface area contributed by atoms with E-state index in [0.29, 0.717) is 6.42 Å². The molecule has 0 spiro atoms. The summed E-state index contributed by atoms with van der Waals surface area (Å²) in [6.07, 6.45) is 3.73. The number of hydrogen-bond acceptors (Lipinski definition) is 4. The van der Waals surface area contributed by atoms with Crippen molar-refractivity contribution >= 4 is 5.97 Å². The normalized spacial score (nSPS) is 19.5. The Morgan fingerprint density at radius 1 is 1.42 bits per heavy atom. The molecule has 1 N–H and O–H groups in total. The zero-order valence-electron chi connectivity index (χ0n) is 11.7. The number of carboxylic acids is 1. The summed E-state index contributed by atoms with van der Waals surface area (Å²) in [5.74, 6) is 0.313.